The van der Waals surface area contributed by atoms with E-state index in [9.17, 15) is 4.79 Å². The summed E-state index contributed by atoms with van der Waals surface area (Å²) >= 11 is 0. The Balaban J connectivity index is 2.15. The SMILES string of the molecule is CC1CNCCN1C(=O)c1ccc(C#N)cc1. The normalized spacial score (nSPS) is 19.8. The summed E-state index contributed by atoms with van der Waals surface area (Å²) in [5.41, 5.74) is 1.23. The highest BCUT2D eigenvalue weighted by Crippen LogP contribution is 2.11. The molecule has 1 aliphatic heterocycles. The van der Waals surface area contributed by atoms with Crippen molar-refractivity contribution in [1.29, 1.82) is 5.26 Å². The molecule has 1 atom stereocenters. The predicted molar refractivity (Wildman–Crippen MR) is 64.5 cm³/mol. The zero-order valence-electron chi connectivity index (χ0n) is 9.81. The number of nitriles is 1. The molecule has 0 bridgehead atoms. The highest BCUT2D eigenvalue weighted by Gasteiger charge is 2.23. The molecule has 0 radical (unpaired) electrons. The molecule has 88 valence electrons. The Bertz CT molecular complexity index is 447. The second-order valence-electron chi connectivity index (χ2n) is 4.24. The first-order valence-corrected chi connectivity index (χ1v) is 5.74. The Morgan fingerprint density at radius 3 is 2.76 bits per heavy atom. The van der Waals surface area contributed by atoms with Crippen LogP contribution in [0, 0.1) is 11.3 Å². The monoisotopic (exact) mass is 229 g/mol. The van der Waals surface area contributed by atoms with E-state index in [0.717, 1.165) is 19.6 Å². The van der Waals surface area contributed by atoms with E-state index in [1.165, 1.54) is 0 Å². The van der Waals surface area contributed by atoms with E-state index in [1.807, 2.05) is 17.9 Å². The van der Waals surface area contributed by atoms with Gasteiger partial charge in [0.1, 0.15) is 0 Å². The van der Waals surface area contributed by atoms with Crippen LogP contribution in [0.25, 0.3) is 0 Å². The van der Waals surface area contributed by atoms with Gasteiger partial charge in [-0.15, -0.1) is 0 Å². The molecule has 17 heavy (non-hydrogen) atoms. The number of carbonyl (C=O) groups excluding carboxylic acids is 1. The van der Waals surface area contributed by atoms with E-state index < -0.39 is 0 Å². The van der Waals surface area contributed by atoms with Gasteiger partial charge in [0.05, 0.1) is 11.6 Å². The van der Waals surface area contributed by atoms with E-state index in [4.69, 9.17) is 5.26 Å². The van der Waals surface area contributed by atoms with Crippen LogP contribution in [0.4, 0.5) is 0 Å². The number of rotatable bonds is 1. The summed E-state index contributed by atoms with van der Waals surface area (Å²) in [6.45, 7) is 4.45. The number of hydrogen-bond acceptors (Lipinski definition) is 3. The van der Waals surface area contributed by atoms with Gasteiger partial charge in [-0.25, -0.2) is 0 Å². The van der Waals surface area contributed by atoms with Crippen molar-refractivity contribution in [1.82, 2.24) is 10.2 Å². The van der Waals surface area contributed by atoms with Crippen LogP contribution in [-0.2, 0) is 0 Å². The van der Waals surface area contributed by atoms with Crippen molar-refractivity contribution >= 4 is 5.91 Å². The van der Waals surface area contributed by atoms with Gasteiger partial charge in [0.2, 0.25) is 0 Å². The summed E-state index contributed by atoms with van der Waals surface area (Å²) in [7, 11) is 0. The zero-order valence-corrected chi connectivity index (χ0v) is 9.81. The van der Waals surface area contributed by atoms with Gasteiger partial charge in [0.25, 0.3) is 5.91 Å². The lowest BCUT2D eigenvalue weighted by Gasteiger charge is -2.34. The van der Waals surface area contributed by atoms with Gasteiger partial charge in [0.15, 0.2) is 0 Å². The van der Waals surface area contributed by atoms with Crippen molar-refractivity contribution in [2.45, 2.75) is 13.0 Å². The first-order chi connectivity index (χ1) is 8.22. The molecule has 0 saturated carbocycles. The fourth-order valence-corrected chi connectivity index (χ4v) is 2.00. The fourth-order valence-electron chi connectivity index (χ4n) is 2.00. The number of amides is 1. The topological polar surface area (TPSA) is 56.1 Å². The van der Waals surface area contributed by atoms with Gasteiger partial charge >= 0.3 is 0 Å². The summed E-state index contributed by atoms with van der Waals surface area (Å²) in [4.78, 5) is 14.1. The molecule has 0 aromatic heterocycles. The van der Waals surface area contributed by atoms with E-state index in [-0.39, 0.29) is 11.9 Å². The molecule has 4 nitrogen and oxygen atoms in total. The van der Waals surface area contributed by atoms with Gasteiger partial charge in [-0.3, -0.25) is 4.79 Å². The average molecular weight is 229 g/mol. The summed E-state index contributed by atoms with van der Waals surface area (Å²) in [6, 6.07) is 9.06. The Morgan fingerprint density at radius 2 is 2.18 bits per heavy atom. The lowest BCUT2D eigenvalue weighted by atomic mass is 10.1. The van der Waals surface area contributed by atoms with Crippen LogP contribution in [0.3, 0.4) is 0 Å². The third-order valence-corrected chi connectivity index (χ3v) is 3.02. The first-order valence-electron chi connectivity index (χ1n) is 5.74. The third-order valence-electron chi connectivity index (χ3n) is 3.02. The summed E-state index contributed by atoms with van der Waals surface area (Å²) in [5, 5.41) is 12.0. The molecule has 1 N–H and O–H groups in total. The molecule has 1 saturated heterocycles. The number of benzene rings is 1. The third kappa shape index (κ3) is 2.45. The predicted octanol–water partition coefficient (Wildman–Crippen LogP) is 0.992. The number of nitrogens with zero attached hydrogens (tertiary/aromatic N) is 2. The van der Waals surface area contributed by atoms with Crippen LogP contribution in [0.2, 0.25) is 0 Å². The summed E-state index contributed by atoms with van der Waals surface area (Å²) < 4.78 is 0. The molecular formula is C13H15N3O. The van der Waals surface area contributed by atoms with Crippen molar-refractivity contribution in [2.24, 2.45) is 0 Å². The Hall–Kier alpha value is -1.86. The van der Waals surface area contributed by atoms with Gasteiger partial charge < -0.3 is 10.2 Å². The first kappa shape index (κ1) is 11.6. The molecular weight excluding hydrogens is 214 g/mol. The molecule has 1 aromatic carbocycles. The number of piperazine rings is 1. The lowest BCUT2D eigenvalue weighted by molar-refractivity contribution is 0.0656. The van der Waals surface area contributed by atoms with E-state index >= 15 is 0 Å². The zero-order chi connectivity index (χ0) is 12.3. The maximum absolute atomic E-state index is 12.2. The van der Waals surface area contributed by atoms with Gasteiger partial charge in [-0.2, -0.15) is 5.26 Å². The Labute approximate surface area is 101 Å². The van der Waals surface area contributed by atoms with E-state index in [2.05, 4.69) is 5.32 Å². The van der Waals surface area contributed by atoms with Crippen molar-refractivity contribution < 1.29 is 4.79 Å². The van der Waals surface area contributed by atoms with E-state index in [0.29, 0.717) is 11.1 Å². The maximum Gasteiger partial charge on any atom is 0.254 e. The molecule has 1 unspecified atom stereocenters. The Morgan fingerprint density at radius 1 is 1.47 bits per heavy atom. The lowest BCUT2D eigenvalue weighted by Crippen LogP contribution is -2.52. The smallest absolute Gasteiger partial charge is 0.254 e. The summed E-state index contributed by atoms with van der Waals surface area (Å²) in [6.07, 6.45) is 0. The largest absolute Gasteiger partial charge is 0.333 e. The van der Waals surface area contributed by atoms with Crippen molar-refractivity contribution in [3.63, 3.8) is 0 Å². The number of nitrogens with one attached hydrogen (secondary N) is 1. The minimum absolute atomic E-state index is 0.0449. The molecule has 1 amide bonds. The van der Waals surface area contributed by atoms with Crippen molar-refractivity contribution in [2.75, 3.05) is 19.6 Å². The van der Waals surface area contributed by atoms with Crippen LogP contribution in [0.5, 0.6) is 0 Å². The van der Waals surface area contributed by atoms with Crippen molar-refractivity contribution in [3.05, 3.63) is 35.4 Å². The van der Waals surface area contributed by atoms with Crippen LogP contribution in [-0.4, -0.2) is 36.5 Å². The second kappa shape index (κ2) is 4.98. The molecule has 1 fully saturated rings. The minimum atomic E-state index is 0.0449. The van der Waals surface area contributed by atoms with E-state index in [1.54, 1.807) is 24.3 Å². The number of hydrogen-bond donors (Lipinski definition) is 1. The van der Waals surface area contributed by atoms with Gasteiger partial charge in [-0.1, -0.05) is 0 Å². The molecule has 0 spiro atoms. The highest BCUT2D eigenvalue weighted by atomic mass is 16.2. The maximum atomic E-state index is 12.2. The average Bonchev–Trinajstić information content (AvgIpc) is 2.39. The molecule has 2 rings (SSSR count). The van der Waals surface area contributed by atoms with Crippen LogP contribution >= 0.6 is 0 Å². The quantitative estimate of drug-likeness (QED) is 0.781. The van der Waals surface area contributed by atoms with Crippen molar-refractivity contribution in [3.8, 4) is 6.07 Å². The summed E-state index contributed by atoms with van der Waals surface area (Å²) in [5.74, 6) is 0.0449. The minimum Gasteiger partial charge on any atom is -0.333 e. The van der Waals surface area contributed by atoms with Crippen LogP contribution in [0.1, 0.15) is 22.8 Å². The van der Waals surface area contributed by atoms with Gasteiger partial charge in [0, 0.05) is 31.2 Å². The standard InChI is InChI=1S/C13H15N3O/c1-10-9-15-6-7-16(10)13(17)12-4-2-11(8-14)3-5-12/h2-5,10,15H,6-7,9H2,1H3. The molecule has 1 aromatic rings. The highest BCUT2D eigenvalue weighted by molar-refractivity contribution is 5.94. The fraction of sp³-hybridized carbons (Fsp3) is 0.385. The second-order valence-corrected chi connectivity index (χ2v) is 4.24. The number of carbonyl (C=O) groups is 1. The molecule has 1 heterocycles. The molecule has 0 aliphatic carbocycles. The molecule has 1 aliphatic rings. The van der Waals surface area contributed by atoms with Gasteiger partial charge in [-0.05, 0) is 31.2 Å². The molecule has 4 heteroatoms. The van der Waals surface area contributed by atoms with Crippen LogP contribution < -0.4 is 5.32 Å². The Kier molecular flexibility index (Phi) is 3.40. The van der Waals surface area contributed by atoms with Crippen LogP contribution in [0.15, 0.2) is 24.3 Å².